The zero-order valence-corrected chi connectivity index (χ0v) is 22.8. The topological polar surface area (TPSA) is 62.3 Å². The van der Waals surface area contributed by atoms with Crippen LogP contribution in [-0.2, 0) is 11.8 Å². The first-order valence-corrected chi connectivity index (χ1v) is 12.1. The van der Waals surface area contributed by atoms with E-state index in [9.17, 15) is 53.5 Å². The number of pyridine rings is 1. The van der Waals surface area contributed by atoms with Crippen LogP contribution in [-0.4, -0.2) is 29.2 Å². The lowest BCUT2D eigenvalue weighted by molar-refractivity contribution is -0.348. The minimum Gasteiger partial charge on any atom is -0.322 e. The molecule has 1 aromatic heterocycles. The van der Waals surface area contributed by atoms with Gasteiger partial charge in [-0.3, -0.25) is 9.59 Å². The first-order chi connectivity index (χ1) is 18.3. The molecule has 0 saturated carbocycles. The van der Waals surface area contributed by atoms with Gasteiger partial charge in [0.2, 0.25) is 0 Å². The summed E-state index contributed by atoms with van der Waals surface area (Å²) in [5, 5.41) is 2.46. The van der Waals surface area contributed by atoms with Crippen molar-refractivity contribution in [3.63, 3.8) is 0 Å². The molecule has 0 unspecified atom stereocenters. The van der Waals surface area contributed by atoms with Crippen LogP contribution in [0.15, 0.2) is 60.8 Å². The Morgan fingerprint density at radius 3 is 2.02 bits per heavy atom. The van der Waals surface area contributed by atoms with Crippen molar-refractivity contribution < 1.29 is 53.5 Å². The maximum atomic E-state index is 14.4. The summed E-state index contributed by atoms with van der Waals surface area (Å²) in [4.78, 5) is 29.4. The van der Waals surface area contributed by atoms with Gasteiger partial charge in [-0.05, 0) is 65.1 Å². The number of carbonyl (C=O) groups excluding carboxylic acids is 2. The van der Waals surface area contributed by atoms with Crippen molar-refractivity contribution in [3.05, 3.63) is 86.7 Å². The molecule has 1 N–H and O–H groups in total. The molecule has 2 aromatic carbocycles. The van der Waals surface area contributed by atoms with Gasteiger partial charge >= 0.3 is 24.2 Å². The maximum Gasteiger partial charge on any atom is 0.435 e. The lowest BCUT2D eigenvalue weighted by Gasteiger charge is -2.31. The van der Waals surface area contributed by atoms with Gasteiger partial charge in [-0.15, -0.1) is 0 Å². The monoisotopic (exact) mass is 757 g/mol. The number of benzene rings is 2. The quantitative estimate of drug-likeness (QED) is 0.124. The highest BCUT2D eigenvalue weighted by molar-refractivity contribution is 14.1. The average molecular weight is 758 g/mol. The third kappa shape index (κ3) is 6.18. The summed E-state index contributed by atoms with van der Waals surface area (Å²) in [6, 6.07) is 6.96. The Morgan fingerprint density at radius 2 is 1.48 bits per heavy atom. The van der Waals surface area contributed by atoms with E-state index in [1.165, 1.54) is 30.5 Å². The minimum absolute atomic E-state index is 0.0142. The molecule has 3 rings (SSSR count). The molecule has 214 valence electrons. The van der Waals surface area contributed by atoms with Crippen LogP contribution in [0.2, 0.25) is 0 Å². The number of hydrogen-bond donors (Lipinski definition) is 1. The van der Waals surface area contributed by atoms with Gasteiger partial charge in [0.25, 0.3) is 11.8 Å². The molecule has 3 aromatic rings. The van der Waals surface area contributed by atoms with Gasteiger partial charge in [-0.1, -0.05) is 12.1 Å². The Hall–Kier alpha value is -2.96. The predicted molar refractivity (Wildman–Crippen MR) is 133 cm³/mol. The predicted octanol–water partition coefficient (Wildman–Crippen LogP) is 8.20. The summed E-state index contributed by atoms with van der Waals surface area (Å²) in [6.45, 7) is 0. The minimum atomic E-state index is -6.65. The van der Waals surface area contributed by atoms with E-state index in [2.05, 4.69) is 26.4 Å². The van der Waals surface area contributed by atoms with E-state index in [0.29, 0.717) is 3.70 Å². The van der Waals surface area contributed by atoms with Crippen LogP contribution in [0.4, 0.5) is 55.3 Å². The number of aromatic nitrogens is 1. The normalized spacial score (nSPS) is 12.7. The fourth-order valence-electron chi connectivity index (χ4n) is 3.34. The van der Waals surface area contributed by atoms with E-state index < -0.39 is 58.9 Å². The van der Waals surface area contributed by atoms with Crippen molar-refractivity contribution >= 4 is 61.9 Å². The highest BCUT2D eigenvalue weighted by Crippen LogP contribution is 2.54. The number of carbonyl (C=O) groups is 2. The number of halogens is 12. The van der Waals surface area contributed by atoms with E-state index in [-0.39, 0.29) is 32.9 Å². The van der Waals surface area contributed by atoms with Gasteiger partial charge in [0.1, 0.15) is 3.70 Å². The number of amides is 2. The molecule has 5 nitrogen and oxygen atoms in total. The molecule has 1 heterocycles. The molecule has 0 saturated heterocycles. The highest BCUT2D eigenvalue weighted by atomic mass is 127. The fourth-order valence-corrected chi connectivity index (χ4v) is 4.44. The standard InChI is InChI=1S/C23H11BrF10IN3O2/c24-38(19(40)11-3-1-4-13(9-11)37-18(39)14-5-2-8-36-17(14)35)16-7-6-12(10-15(16)21(26,27)28)20(25,22(29,30)31)23(32,33)34/h1-10H,(H,37,39). The molecule has 2 amide bonds. The van der Waals surface area contributed by atoms with Crippen molar-refractivity contribution in [2.45, 2.75) is 24.2 Å². The number of anilines is 2. The van der Waals surface area contributed by atoms with Crippen LogP contribution in [0.5, 0.6) is 0 Å². The first kappa shape index (κ1) is 31.6. The van der Waals surface area contributed by atoms with Gasteiger partial charge in [0, 0.05) is 23.0 Å². The number of nitrogens with one attached hydrogen (secondary N) is 1. The second kappa shape index (κ2) is 11.1. The Morgan fingerprint density at radius 1 is 0.850 bits per heavy atom. The Labute approximate surface area is 240 Å². The molecule has 0 radical (unpaired) electrons. The molecule has 0 aliphatic carbocycles. The smallest absolute Gasteiger partial charge is 0.322 e. The summed E-state index contributed by atoms with van der Waals surface area (Å²) in [6.07, 6.45) is -17.5. The molecular formula is C23H11BrF10IN3O2. The van der Waals surface area contributed by atoms with E-state index in [4.69, 9.17) is 0 Å². The maximum absolute atomic E-state index is 14.4. The molecule has 0 aliphatic rings. The van der Waals surface area contributed by atoms with Crippen LogP contribution in [0.1, 0.15) is 31.8 Å². The zero-order chi connectivity index (χ0) is 30.3. The van der Waals surface area contributed by atoms with E-state index in [1.54, 1.807) is 22.6 Å². The van der Waals surface area contributed by atoms with Gasteiger partial charge in [-0.2, -0.15) is 39.5 Å². The average Bonchev–Trinajstić information content (AvgIpc) is 2.85. The number of hydrogen-bond acceptors (Lipinski definition) is 3. The van der Waals surface area contributed by atoms with Crippen LogP contribution >= 0.6 is 38.7 Å². The van der Waals surface area contributed by atoms with E-state index in [1.807, 2.05) is 0 Å². The molecule has 0 spiro atoms. The number of nitrogens with zero attached hydrogens (tertiary/aromatic N) is 2. The van der Waals surface area contributed by atoms with Crippen LogP contribution in [0.25, 0.3) is 0 Å². The van der Waals surface area contributed by atoms with Gasteiger partial charge in [0.05, 0.1) is 33.0 Å². The molecular weight excluding hydrogens is 747 g/mol. The van der Waals surface area contributed by atoms with Crippen molar-refractivity contribution in [2.75, 3.05) is 9.24 Å². The zero-order valence-electron chi connectivity index (χ0n) is 19.0. The molecule has 17 heteroatoms. The van der Waals surface area contributed by atoms with Crippen LogP contribution in [0.3, 0.4) is 0 Å². The van der Waals surface area contributed by atoms with Gasteiger partial charge < -0.3 is 5.32 Å². The van der Waals surface area contributed by atoms with Crippen molar-refractivity contribution in [3.8, 4) is 0 Å². The molecule has 0 atom stereocenters. The number of alkyl halides is 10. The summed E-state index contributed by atoms with van der Waals surface area (Å²) in [7, 11) is 0. The lowest BCUT2D eigenvalue weighted by atomic mass is 9.92. The van der Waals surface area contributed by atoms with Gasteiger partial charge in [0.15, 0.2) is 0 Å². The molecule has 0 aliphatic heterocycles. The van der Waals surface area contributed by atoms with Crippen molar-refractivity contribution in [1.82, 2.24) is 4.98 Å². The van der Waals surface area contributed by atoms with Crippen molar-refractivity contribution in [1.29, 1.82) is 0 Å². The second-order valence-electron chi connectivity index (χ2n) is 7.85. The first-order valence-electron chi connectivity index (χ1n) is 10.3. The number of rotatable bonds is 5. The van der Waals surface area contributed by atoms with E-state index in [0.717, 1.165) is 12.1 Å². The van der Waals surface area contributed by atoms with Gasteiger partial charge in [-0.25, -0.2) is 13.3 Å². The Kier molecular flexibility index (Phi) is 8.79. The molecule has 40 heavy (non-hydrogen) atoms. The second-order valence-corrected chi connectivity index (χ2v) is 9.58. The third-order valence-corrected chi connectivity index (χ3v) is 6.81. The lowest BCUT2D eigenvalue weighted by Crippen LogP contribution is -2.50. The summed E-state index contributed by atoms with van der Waals surface area (Å²) in [5.74, 6) is -1.90. The van der Waals surface area contributed by atoms with Crippen LogP contribution in [0, 0.1) is 3.70 Å². The summed E-state index contributed by atoms with van der Waals surface area (Å²) < 4.78 is 135. The fraction of sp³-hybridized carbons (Fsp3) is 0.174. The SMILES string of the molecule is O=C(Nc1cccc(C(=O)N(Br)c2ccc(C(F)(C(F)(F)F)C(F)(F)F)cc2C(F)(F)F)c1)c1cccnc1I. The Bertz CT molecular complexity index is 1430. The summed E-state index contributed by atoms with van der Waals surface area (Å²) >= 11 is 4.35. The third-order valence-electron chi connectivity index (χ3n) is 5.24. The Balaban J connectivity index is 2.00. The summed E-state index contributed by atoms with van der Waals surface area (Å²) in [5.41, 5.74) is -12.1. The molecule has 0 bridgehead atoms. The van der Waals surface area contributed by atoms with Crippen molar-refractivity contribution in [2.24, 2.45) is 0 Å². The van der Waals surface area contributed by atoms with E-state index >= 15 is 0 Å². The molecule has 0 fully saturated rings. The largest absolute Gasteiger partial charge is 0.435 e. The highest BCUT2D eigenvalue weighted by Gasteiger charge is 2.73. The van der Waals surface area contributed by atoms with Crippen LogP contribution < -0.4 is 9.24 Å².